The summed E-state index contributed by atoms with van der Waals surface area (Å²) in [4.78, 5) is 0. The normalized spacial score (nSPS) is 20.4. The Morgan fingerprint density at radius 1 is 1.19 bits per heavy atom. The standard InChI is InChI=1S/C10H12O5S/c11-9(16(13,14)15)10(12)5-7-3-1-2-4-8(7)6-10/h1-4,9,11-12H,5-6H2,(H,13,14,15). The Labute approximate surface area is 93.1 Å². The molecule has 3 N–H and O–H groups in total. The summed E-state index contributed by atoms with van der Waals surface area (Å²) in [6, 6.07) is 7.04. The van der Waals surface area contributed by atoms with E-state index in [4.69, 9.17) is 4.55 Å². The van der Waals surface area contributed by atoms with Crippen molar-refractivity contribution in [3.8, 4) is 0 Å². The van der Waals surface area contributed by atoms with Gasteiger partial charge in [-0.15, -0.1) is 0 Å². The molecule has 1 aromatic rings. The molecule has 0 fully saturated rings. The summed E-state index contributed by atoms with van der Waals surface area (Å²) in [6.45, 7) is 0. The number of rotatable bonds is 2. The van der Waals surface area contributed by atoms with Gasteiger partial charge in [-0.3, -0.25) is 4.55 Å². The lowest BCUT2D eigenvalue weighted by atomic mass is 10.0. The second kappa shape index (κ2) is 3.53. The first-order valence-electron chi connectivity index (χ1n) is 4.76. The molecule has 0 radical (unpaired) electrons. The molecule has 1 aromatic carbocycles. The number of benzene rings is 1. The summed E-state index contributed by atoms with van der Waals surface area (Å²) in [7, 11) is -4.66. The van der Waals surface area contributed by atoms with Crippen molar-refractivity contribution in [3.63, 3.8) is 0 Å². The minimum Gasteiger partial charge on any atom is -0.385 e. The van der Waals surface area contributed by atoms with E-state index in [1.54, 1.807) is 24.3 Å². The molecule has 88 valence electrons. The van der Waals surface area contributed by atoms with Gasteiger partial charge in [0.15, 0.2) is 0 Å². The number of fused-ring (bicyclic) bond motifs is 1. The average Bonchev–Trinajstić information content (AvgIpc) is 2.52. The fourth-order valence-corrected chi connectivity index (χ4v) is 2.80. The number of hydrogen-bond donors (Lipinski definition) is 3. The van der Waals surface area contributed by atoms with Gasteiger partial charge >= 0.3 is 0 Å². The largest absolute Gasteiger partial charge is 0.385 e. The maximum Gasteiger partial charge on any atom is 0.295 e. The van der Waals surface area contributed by atoms with Crippen LogP contribution in [-0.2, 0) is 23.0 Å². The van der Waals surface area contributed by atoms with Gasteiger partial charge in [0.25, 0.3) is 10.1 Å². The van der Waals surface area contributed by atoms with Crippen molar-refractivity contribution in [1.29, 1.82) is 0 Å². The zero-order chi connectivity index (χ0) is 12.0. The van der Waals surface area contributed by atoms with Gasteiger partial charge in [-0.25, -0.2) is 0 Å². The van der Waals surface area contributed by atoms with Crippen LogP contribution in [0, 0.1) is 0 Å². The van der Waals surface area contributed by atoms with E-state index in [-0.39, 0.29) is 12.8 Å². The van der Waals surface area contributed by atoms with Crippen molar-refractivity contribution in [2.24, 2.45) is 0 Å². The summed E-state index contributed by atoms with van der Waals surface area (Å²) in [6.07, 6.45) is 0.0360. The summed E-state index contributed by atoms with van der Waals surface area (Å²) < 4.78 is 30.4. The molecular weight excluding hydrogens is 232 g/mol. The maximum atomic E-state index is 10.8. The third-order valence-electron chi connectivity index (χ3n) is 2.85. The van der Waals surface area contributed by atoms with Gasteiger partial charge in [-0.1, -0.05) is 24.3 Å². The van der Waals surface area contributed by atoms with Gasteiger partial charge in [0.05, 0.1) is 0 Å². The van der Waals surface area contributed by atoms with Crippen molar-refractivity contribution in [2.45, 2.75) is 23.9 Å². The molecule has 5 nitrogen and oxygen atoms in total. The molecule has 1 unspecified atom stereocenters. The molecule has 0 saturated heterocycles. The van der Waals surface area contributed by atoms with Crippen LogP contribution in [0.4, 0.5) is 0 Å². The highest BCUT2D eigenvalue weighted by Gasteiger charge is 2.47. The molecule has 1 atom stereocenters. The second-order valence-electron chi connectivity index (χ2n) is 4.09. The lowest BCUT2D eigenvalue weighted by Gasteiger charge is -2.25. The SMILES string of the molecule is O=S(=O)(O)C(O)C1(O)Cc2ccccc2C1. The minimum atomic E-state index is -4.66. The minimum absolute atomic E-state index is 0.0180. The summed E-state index contributed by atoms with van der Waals surface area (Å²) in [5.41, 5.74) is -2.44. The van der Waals surface area contributed by atoms with Gasteiger partial charge in [-0.05, 0) is 11.1 Å². The summed E-state index contributed by atoms with van der Waals surface area (Å²) in [5.74, 6) is 0. The average molecular weight is 244 g/mol. The summed E-state index contributed by atoms with van der Waals surface area (Å²) >= 11 is 0. The Kier molecular flexibility index (Phi) is 2.54. The smallest absolute Gasteiger partial charge is 0.295 e. The highest BCUT2D eigenvalue weighted by molar-refractivity contribution is 7.86. The molecule has 1 aliphatic rings. The fraction of sp³-hybridized carbons (Fsp3) is 0.400. The number of aliphatic hydroxyl groups is 2. The van der Waals surface area contributed by atoms with E-state index in [0.29, 0.717) is 0 Å². The highest BCUT2D eigenvalue weighted by atomic mass is 32.2. The van der Waals surface area contributed by atoms with E-state index < -0.39 is 21.2 Å². The van der Waals surface area contributed by atoms with Crippen LogP contribution in [0.3, 0.4) is 0 Å². The Balaban J connectivity index is 2.34. The molecule has 0 saturated carbocycles. The predicted octanol–water partition coefficient (Wildman–Crippen LogP) is -0.278. The van der Waals surface area contributed by atoms with Crippen LogP contribution >= 0.6 is 0 Å². The fourth-order valence-electron chi connectivity index (χ4n) is 2.08. The van der Waals surface area contributed by atoms with Crippen LogP contribution in [0.15, 0.2) is 24.3 Å². The molecule has 2 rings (SSSR count). The molecule has 0 aromatic heterocycles. The number of aliphatic hydroxyl groups excluding tert-OH is 1. The Morgan fingerprint density at radius 2 is 1.62 bits per heavy atom. The molecule has 0 amide bonds. The zero-order valence-electron chi connectivity index (χ0n) is 8.37. The van der Waals surface area contributed by atoms with Gasteiger partial charge < -0.3 is 10.2 Å². The molecule has 1 aliphatic carbocycles. The molecule has 0 heterocycles. The van der Waals surface area contributed by atoms with Crippen LogP contribution in [0.2, 0.25) is 0 Å². The van der Waals surface area contributed by atoms with Crippen molar-refractivity contribution in [2.75, 3.05) is 0 Å². The van der Waals surface area contributed by atoms with Crippen molar-refractivity contribution in [1.82, 2.24) is 0 Å². The second-order valence-corrected chi connectivity index (χ2v) is 5.57. The Bertz CT molecular complexity index is 483. The first kappa shape index (κ1) is 11.5. The molecular formula is C10H12O5S. The van der Waals surface area contributed by atoms with Crippen LogP contribution in [0.5, 0.6) is 0 Å². The first-order chi connectivity index (χ1) is 7.33. The monoisotopic (exact) mass is 244 g/mol. The van der Waals surface area contributed by atoms with E-state index in [2.05, 4.69) is 0 Å². The van der Waals surface area contributed by atoms with Gasteiger partial charge in [0.2, 0.25) is 5.44 Å². The zero-order valence-corrected chi connectivity index (χ0v) is 9.18. The highest BCUT2D eigenvalue weighted by Crippen LogP contribution is 2.33. The van der Waals surface area contributed by atoms with E-state index in [1.807, 2.05) is 0 Å². The third kappa shape index (κ3) is 1.84. The van der Waals surface area contributed by atoms with Gasteiger partial charge in [-0.2, -0.15) is 8.42 Å². The molecule has 0 spiro atoms. The maximum absolute atomic E-state index is 10.8. The van der Waals surface area contributed by atoms with E-state index in [0.717, 1.165) is 11.1 Å². The number of hydrogen-bond acceptors (Lipinski definition) is 4. The molecule has 0 bridgehead atoms. The lowest BCUT2D eigenvalue weighted by Crippen LogP contribution is -2.47. The lowest BCUT2D eigenvalue weighted by molar-refractivity contribution is -0.0310. The molecule has 6 heteroatoms. The van der Waals surface area contributed by atoms with E-state index in [1.165, 1.54) is 0 Å². The first-order valence-corrected chi connectivity index (χ1v) is 6.27. The van der Waals surface area contributed by atoms with Gasteiger partial charge in [0.1, 0.15) is 5.60 Å². The molecule has 16 heavy (non-hydrogen) atoms. The van der Waals surface area contributed by atoms with Crippen LogP contribution < -0.4 is 0 Å². The van der Waals surface area contributed by atoms with Crippen molar-refractivity contribution < 1.29 is 23.2 Å². The van der Waals surface area contributed by atoms with Crippen LogP contribution in [0.1, 0.15) is 11.1 Å². The quantitative estimate of drug-likeness (QED) is 0.622. The topological polar surface area (TPSA) is 94.8 Å². The van der Waals surface area contributed by atoms with E-state index >= 15 is 0 Å². The van der Waals surface area contributed by atoms with Crippen LogP contribution in [0.25, 0.3) is 0 Å². The third-order valence-corrected chi connectivity index (χ3v) is 3.86. The Morgan fingerprint density at radius 3 is 2.00 bits per heavy atom. The van der Waals surface area contributed by atoms with Gasteiger partial charge in [0, 0.05) is 12.8 Å². The molecule has 0 aliphatic heterocycles. The van der Waals surface area contributed by atoms with E-state index in [9.17, 15) is 18.6 Å². The van der Waals surface area contributed by atoms with Crippen molar-refractivity contribution in [3.05, 3.63) is 35.4 Å². The van der Waals surface area contributed by atoms with Crippen LogP contribution in [-0.4, -0.2) is 34.2 Å². The van der Waals surface area contributed by atoms with Crippen molar-refractivity contribution >= 4 is 10.1 Å². The summed E-state index contributed by atoms with van der Waals surface area (Å²) in [5, 5.41) is 19.5. The predicted molar refractivity (Wildman–Crippen MR) is 56.4 cm³/mol. The Hall–Kier alpha value is -0.950.